The number of halogens is 4. The Kier molecular flexibility index (Phi) is 5.99. The Bertz CT molecular complexity index is 428. The SMILES string of the molecule is CCCNC(c1cc(F)ccc1C(F)(F)F)C(C)CC. The van der Waals surface area contributed by atoms with Gasteiger partial charge >= 0.3 is 6.18 Å². The van der Waals surface area contributed by atoms with Crippen molar-refractivity contribution in [1.82, 2.24) is 5.32 Å². The summed E-state index contributed by atoms with van der Waals surface area (Å²) in [5, 5.41) is 3.11. The first-order chi connectivity index (χ1) is 9.31. The van der Waals surface area contributed by atoms with Crippen LogP contribution in [0, 0.1) is 11.7 Å². The van der Waals surface area contributed by atoms with Gasteiger partial charge in [0.25, 0.3) is 0 Å². The second-order valence-corrected chi connectivity index (χ2v) is 5.05. The number of nitrogens with one attached hydrogen (secondary N) is 1. The van der Waals surface area contributed by atoms with Gasteiger partial charge in [-0.3, -0.25) is 0 Å². The highest BCUT2D eigenvalue weighted by molar-refractivity contribution is 5.33. The lowest BCUT2D eigenvalue weighted by Gasteiger charge is -2.27. The maximum absolute atomic E-state index is 13.4. The van der Waals surface area contributed by atoms with Crippen molar-refractivity contribution in [2.24, 2.45) is 5.92 Å². The quantitative estimate of drug-likeness (QED) is 0.733. The molecular weight excluding hydrogens is 270 g/mol. The topological polar surface area (TPSA) is 12.0 Å². The number of benzene rings is 1. The second-order valence-electron chi connectivity index (χ2n) is 5.05. The van der Waals surface area contributed by atoms with Gasteiger partial charge in [0.05, 0.1) is 5.56 Å². The van der Waals surface area contributed by atoms with Crippen molar-refractivity contribution in [3.8, 4) is 0 Å². The number of alkyl halides is 3. The molecular formula is C15H21F4N. The Morgan fingerprint density at radius 2 is 1.85 bits per heavy atom. The average Bonchev–Trinajstić information content (AvgIpc) is 2.37. The summed E-state index contributed by atoms with van der Waals surface area (Å²) in [5.74, 6) is -0.649. The molecule has 0 aromatic heterocycles. The molecule has 1 nitrogen and oxygen atoms in total. The van der Waals surface area contributed by atoms with Crippen LogP contribution in [0.2, 0.25) is 0 Å². The molecule has 1 aromatic rings. The Morgan fingerprint density at radius 3 is 2.35 bits per heavy atom. The van der Waals surface area contributed by atoms with Gasteiger partial charge in [-0.15, -0.1) is 0 Å². The van der Waals surface area contributed by atoms with Gasteiger partial charge in [-0.25, -0.2) is 4.39 Å². The first kappa shape index (κ1) is 17.0. The maximum atomic E-state index is 13.4. The lowest BCUT2D eigenvalue weighted by atomic mass is 9.89. The highest BCUT2D eigenvalue weighted by atomic mass is 19.4. The van der Waals surface area contributed by atoms with Crippen LogP contribution in [0.15, 0.2) is 18.2 Å². The van der Waals surface area contributed by atoms with Crippen LogP contribution in [0.5, 0.6) is 0 Å². The van der Waals surface area contributed by atoms with E-state index in [1.165, 1.54) is 0 Å². The molecule has 0 aliphatic rings. The van der Waals surface area contributed by atoms with Gasteiger partial charge in [-0.2, -0.15) is 13.2 Å². The van der Waals surface area contributed by atoms with Crippen molar-refractivity contribution >= 4 is 0 Å². The van der Waals surface area contributed by atoms with Gasteiger partial charge in [0.2, 0.25) is 0 Å². The standard InChI is InChI=1S/C15H21F4N/c1-4-8-20-14(10(3)5-2)12-9-11(16)6-7-13(12)15(17,18)19/h6-7,9-10,14,20H,4-5,8H2,1-3H3. The molecule has 0 amide bonds. The molecule has 0 radical (unpaired) electrons. The average molecular weight is 291 g/mol. The third-order valence-corrected chi connectivity index (χ3v) is 3.48. The van der Waals surface area contributed by atoms with Crippen molar-refractivity contribution in [2.75, 3.05) is 6.54 Å². The summed E-state index contributed by atoms with van der Waals surface area (Å²) in [6.45, 7) is 6.33. The van der Waals surface area contributed by atoms with Gasteiger partial charge in [-0.05, 0) is 42.6 Å². The van der Waals surface area contributed by atoms with Crippen LogP contribution in [0.25, 0.3) is 0 Å². The van der Waals surface area contributed by atoms with E-state index in [1.54, 1.807) is 0 Å². The van der Waals surface area contributed by atoms with E-state index in [1.807, 2.05) is 20.8 Å². The van der Waals surface area contributed by atoms with Crippen LogP contribution < -0.4 is 5.32 Å². The van der Waals surface area contributed by atoms with Gasteiger partial charge in [0, 0.05) is 6.04 Å². The van der Waals surface area contributed by atoms with Crippen LogP contribution in [0.1, 0.15) is 50.8 Å². The van der Waals surface area contributed by atoms with Gasteiger partial charge in [0.1, 0.15) is 5.82 Å². The van der Waals surface area contributed by atoms with Crippen molar-refractivity contribution in [3.63, 3.8) is 0 Å². The first-order valence-electron chi connectivity index (χ1n) is 6.91. The molecule has 20 heavy (non-hydrogen) atoms. The third kappa shape index (κ3) is 4.20. The van der Waals surface area contributed by atoms with Crippen LogP contribution in [0.4, 0.5) is 17.6 Å². The van der Waals surface area contributed by atoms with E-state index in [4.69, 9.17) is 0 Å². The normalized spacial score (nSPS) is 15.2. The van der Waals surface area contributed by atoms with Gasteiger partial charge < -0.3 is 5.32 Å². The van der Waals surface area contributed by atoms with E-state index in [2.05, 4.69) is 5.32 Å². The third-order valence-electron chi connectivity index (χ3n) is 3.48. The van der Waals surface area contributed by atoms with E-state index in [9.17, 15) is 17.6 Å². The van der Waals surface area contributed by atoms with Crippen molar-refractivity contribution in [2.45, 2.75) is 45.8 Å². The van der Waals surface area contributed by atoms with Crippen molar-refractivity contribution in [1.29, 1.82) is 0 Å². The summed E-state index contributed by atoms with van der Waals surface area (Å²) < 4.78 is 52.6. The molecule has 0 spiro atoms. The fourth-order valence-corrected chi connectivity index (χ4v) is 2.20. The molecule has 114 valence electrons. The fraction of sp³-hybridized carbons (Fsp3) is 0.600. The molecule has 2 atom stereocenters. The van der Waals surface area contributed by atoms with Crippen LogP contribution in [0.3, 0.4) is 0 Å². The van der Waals surface area contributed by atoms with E-state index >= 15 is 0 Å². The van der Waals surface area contributed by atoms with Crippen molar-refractivity contribution < 1.29 is 17.6 Å². The van der Waals surface area contributed by atoms with Crippen LogP contribution >= 0.6 is 0 Å². The summed E-state index contributed by atoms with van der Waals surface area (Å²) >= 11 is 0. The Labute approximate surface area is 117 Å². The highest BCUT2D eigenvalue weighted by Crippen LogP contribution is 2.37. The van der Waals surface area contributed by atoms with Gasteiger partial charge in [-0.1, -0.05) is 27.2 Å². The van der Waals surface area contributed by atoms with Crippen molar-refractivity contribution in [3.05, 3.63) is 35.1 Å². The molecule has 0 bridgehead atoms. The molecule has 0 aliphatic carbocycles. The summed E-state index contributed by atoms with van der Waals surface area (Å²) in [6, 6.07) is 2.20. The molecule has 0 fully saturated rings. The summed E-state index contributed by atoms with van der Waals surface area (Å²) in [5.41, 5.74) is -0.756. The zero-order valence-corrected chi connectivity index (χ0v) is 12.0. The minimum Gasteiger partial charge on any atom is -0.310 e. The predicted molar refractivity (Wildman–Crippen MR) is 71.9 cm³/mol. The lowest BCUT2D eigenvalue weighted by molar-refractivity contribution is -0.138. The zero-order chi connectivity index (χ0) is 15.3. The molecule has 0 saturated heterocycles. The molecule has 0 heterocycles. The smallest absolute Gasteiger partial charge is 0.310 e. The predicted octanol–water partition coefficient (Wildman–Crippen LogP) is 4.93. The molecule has 2 unspecified atom stereocenters. The van der Waals surface area contributed by atoms with Gasteiger partial charge in [0.15, 0.2) is 0 Å². The van der Waals surface area contributed by atoms with Crippen LogP contribution in [-0.4, -0.2) is 6.54 Å². The largest absolute Gasteiger partial charge is 0.416 e. The molecule has 1 aromatic carbocycles. The van der Waals surface area contributed by atoms with E-state index in [0.717, 1.165) is 31.0 Å². The zero-order valence-electron chi connectivity index (χ0n) is 12.0. The minimum atomic E-state index is -4.47. The number of hydrogen-bond donors (Lipinski definition) is 1. The Hall–Kier alpha value is -1.10. The van der Waals surface area contributed by atoms with E-state index < -0.39 is 23.6 Å². The lowest BCUT2D eigenvalue weighted by Crippen LogP contribution is -2.29. The Balaban J connectivity index is 3.26. The minimum absolute atomic E-state index is 0.000278. The van der Waals surface area contributed by atoms with E-state index in [-0.39, 0.29) is 11.5 Å². The van der Waals surface area contributed by atoms with Crippen LogP contribution in [-0.2, 0) is 6.18 Å². The summed E-state index contributed by atoms with van der Waals surface area (Å²) in [7, 11) is 0. The monoisotopic (exact) mass is 291 g/mol. The summed E-state index contributed by atoms with van der Waals surface area (Å²) in [6.07, 6.45) is -2.94. The molecule has 0 aliphatic heterocycles. The number of hydrogen-bond acceptors (Lipinski definition) is 1. The molecule has 1 N–H and O–H groups in total. The van der Waals surface area contributed by atoms with E-state index in [0.29, 0.717) is 6.54 Å². The molecule has 0 saturated carbocycles. The molecule has 1 rings (SSSR count). The first-order valence-corrected chi connectivity index (χ1v) is 6.91. The fourth-order valence-electron chi connectivity index (χ4n) is 2.20. The maximum Gasteiger partial charge on any atom is 0.416 e. The highest BCUT2D eigenvalue weighted by Gasteiger charge is 2.36. The Morgan fingerprint density at radius 1 is 1.20 bits per heavy atom. The second kappa shape index (κ2) is 7.07. The number of rotatable bonds is 6. The molecule has 5 heteroatoms. The summed E-state index contributed by atoms with van der Waals surface area (Å²) in [4.78, 5) is 0.